The lowest BCUT2D eigenvalue weighted by Gasteiger charge is -2.38. The van der Waals surface area contributed by atoms with Crippen LogP contribution in [0.2, 0.25) is 0 Å². The lowest BCUT2D eigenvalue weighted by Crippen LogP contribution is -2.38. The van der Waals surface area contributed by atoms with E-state index in [1.165, 1.54) is 11.1 Å². The highest BCUT2D eigenvalue weighted by atomic mass is 15.2. The average molecular weight is 821 g/mol. The van der Waals surface area contributed by atoms with Gasteiger partial charge in [0.15, 0.2) is 5.54 Å². The first kappa shape index (κ1) is 36.6. The van der Waals surface area contributed by atoms with E-state index in [0.29, 0.717) is 0 Å². The molecule has 5 aromatic carbocycles. The van der Waals surface area contributed by atoms with Crippen molar-refractivity contribution in [2.45, 2.75) is 23.3 Å². The van der Waals surface area contributed by atoms with E-state index >= 15 is 0 Å². The fourth-order valence-electron chi connectivity index (χ4n) is 11.8. The molecule has 0 aliphatic heterocycles. The van der Waals surface area contributed by atoms with Crippen LogP contribution in [0, 0.1) is 13.3 Å². The minimum absolute atomic E-state index is 0.741. The Balaban J connectivity index is 1.14. The van der Waals surface area contributed by atoms with Gasteiger partial charge in [0, 0.05) is 58.2 Å². The van der Waals surface area contributed by atoms with E-state index in [2.05, 4.69) is 200 Å². The summed E-state index contributed by atoms with van der Waals surface area (Å²) in [6.07, 6.45) is 15.5. The van der Waals surface area contributed by atoms with Crippen molar-refractivity contribution in [2.75, 3.05) is 0 Å². The van der Waals surface area contributed by atoms with E-state index in [0.717, 1.165) is 89.5 Å². The normalized spacial score (nSPS) is 19.6. The third-order valence-electron chi connectivity index (χ3n) is 14.2. The van der Waals surface area contributed by atoms with E-state index < -0.39 is 16.4 Å². The molecule has 13 rings (SSSR count). The highest BCUT2D eigenvalue weighted by molar-refractivity contribution is 5.87. The van der Waals surface area contributed by atoms with Crippen molar-refractivity contribution in [1.82, 2.24) is 24.5 Å². The Morgan fingerprint density at radius 1 is 0.438 bits per heavy atom. The molecule has 3 unspecified atom stereocenters. The van der Waals surface area contributed by atoms with Gasteiger partial charge in [0.2, 0.25) is 6.33 Å². The summed E-state index contributed by atoms with van der Waals surface area (Å²) in [7, 11) is 2.03. The molecule has 5 heterocycles. The number of aromatic nitrogens is 6. The van der Waals surface area contributed by atoms with Crippen molar-refractivity contribution in [3.63, 3.8) is 0 Å². The predicted octanol–water partition coefficient (Wildman–Crippen LogP) is 10.5. The smallest absolute Gasteiger partial charge is 0.204 e. The molecule has 3 aliphatic carbocycles. The van der Waals surface area contributed by atoms with E-state index in [9.17, 15) is 0 Å². The minimum Gasteiger partial charge on any atom is -0.354 e. The highest BCUT2D eigenvalue weighted by Crippen LogP contribution is 2.60. The molecule has 0 N–H and O–H groups in total. The third kappa shape index (κ3) is 4.61. The zero-order valence-corrected chi connectivity index (χ0v) is 35.3. The van der Waals surface area contributed by atoms with E-state index in [1.807, 2.05) is 36.4 Å². The van der Waals surface area contributed by atoms with Crippen LogP contribution in [0.3, 0.4) is 0 Å². The van der Waals surface area contributed by atoms with Gasteiger partial charge in [-0.1, -0.05) is 133 Å². The van der Waals surface area contributed by atoms with Gasteiger partial charge in [0.1, 0.15) is 0 Å². The highest BCUT2D eigenvalue weighted by Gasteiger charge is 2.53. The van der Waals surface area contributed by atoms with Gasteiger partial charge in [-0.25, -0.2) is 0 Å². The molecule has 6 heteroatoms. The molecule has 10 aromatic rings. The fourth-order valence-corrected chi connectivity index (χ4v) is 11.8. The molecule has 302 valence electrons. The van der Waals surface area contributed by atoms with Crippen LogP contribution in [0.5, 0.6) is 0 Å². The van der Waals surface area contributed by atoms with E-state index in [-0.39, 0.29) is 0 Å². The lowest BCUT2D eigenvalue weighted by atomic mass is 9.64. The minimum atomic E-state index is -0.772. The first-order valence-corrected chi connectivity index (χ1v) is 21.8. The second-order valence-corrected chi connectivity index (χ2v) is 17.3. The molecule has 0 spiro atoms. The number of aryl methyl sites for hydroxylation is 2. The van der Waals surface area contributed by atoms with Gasteiger partial charge in [0.05, 0.1) is 40.7 Å². The Bertz CT molecular complexity index is 3390. The molecule has 0 saturated heterocycles. The van der Waals surface area contributed by atoms with Crippen molar-refractivity contribution in [3.8, 4) is 33.8 Å². The number of fused-ring (bicyclic) bond motifs is 9. The summed E-state index contributed by atoms with van der Waals surface area (Å²) in [5.41, 5.74) is 17.6. The monoisotopic (exact) mass is 820 g/mol. The number of hydrogen-bond donors (Lipinski definition) is 0. The largest absolute Gasteiger partial charge is 0.354 e. The molecule has 0 amide bonds. The summed E-state index contributed by atoms with van der Waals surface area (Å²) in [6, 6.07) is 62.2. The van der Waals surface area contributed by atoms with Gasteiger partial charge in [-0.3, -0.25) is 19.9 Å². The topological polar surface area (TPSA) is 60.4 Å². The summed E-state index contributed by atoms with van der Waals surface area (Å²) in [4.78, 5) is 20.5. The maximum absolute atomic E-state index is 5.22. The van der Waals surface area contributed by atoms with E-state index in [4.69, 9.17) is 19.9 Å². The molecule has 0 saturated carbocycles. The quantitative estimate of drug-likeness (QED) is 0.124. The maximum Gasteiger partial charge on any atom is 0.204 e. The molecule has 0 bridgehead atoms. The van der Waals surface area contributed by atoms with Gasteiger partial charge < -0.3 is 9.13 Å². The second-order valence-electron chi connectivity index (χ2n) is 17.3. The van der Waals surface area contributed by atoms with Crippen LogP contribution in [0.15, 0.2) is 207 Å². The zero-order chi connectivity index (χ0) is 42.6. The second kappa shape index (κ2) is 13.5. The van der Waals surface area contributed by atoms with Crippen LogP contribution in [0.1, 0.15) is 66.9 Å². The molecular formula is C58H40N6. The molecule has 0 radical (unpaired) electrons. The maximum atomic E-state index is 5.22. The van der Waals surface area contributed by atoms with Crippen molar-refractivity contribution < 1.29 is 4.57 Å². The van der Waals surface area contributed by atoms with Crippen LogP contribution in [0.4, 0.5) is 0 Å². The number of benzene rings is 5. The van der Waals surface area contributed by atoms with Crippen molar-refractivity contribution >= 4 is 0 Å². The summed E-state index contributed by atoms with van der Waals surface area (Å²) in [5, 5.41) is 0. The van der Waals surface area contributed by atoms with Gasteiger partial charge >= 0.3 is 0 Å². The number of rotatable bonds is 6. The van der Waals surface area contributed by atoms with Crippen LogP contribution in [0.25, 0.3) is 33.8 Å². The number of hydrogen-bond acceptors (Lipinski definition) is 4. The van der Waals surface area contributed by atoms with Crippen LogP contribution < -0.4 is 4.57 Å². The number of nitrogens with zero attached hydrogens (tertiary/aromatic N) is 6. The molecule has 3 aliphatic rings. The molecule has 5 aromatic heterocycles. The summed E-state index contributed by atoms with van der Waals surface area (Å²) >= 11 is 0. The Morgan fingerprint density at radius 2 is 0.922 bits per heavy atom. The summed E-state index contributed by atoms with van der Waals surface area (Å²) in [5.74, 6) is 0. The zero-order valence-electron chi connectivity index (χ0n) is 35.3. The average Bonchev–Trinajstić information content (AvgIpc) is 4.09. The van der Waals surface area contributed by atoms with Gasteiger partial charge in [-0.05, 0) is 100 Å². The first-order valence-electron chi connectivity index (χ1n) is 21.8. The van der Waals surface area contributed by atoms with E-state index in [1.54, 1.807) is 0 Å². The molecule has 3 atom stereocenters. The van der Waals surface area contributed by atoms with Crippen LogP contribution in [-0.2, 0) is 23.4 Å². The number of imidazole rings is 1. The van der Waals surface area contributed by atoms with Crippen molar-refractivity contribution in [2.24, 2.45) is 7.05 Å². The summed E-state index contributed by atoms with van der Waals surface area (Å²) < 4.78 is 4.24. The van der Waals surface area contributed by atoms with Gasteiger partial charge in [-0.15, -0.1) is 0 Å². The standard InChI is InChI=1S/C58H40N6/c1-38-27-31-59-52(34-38)57(47-22-7-4-19-44(47)54-50(57)25-12-29-61-54)41-16-9-14-39(35-41)56(46-21-6-3-18-43(46)53-49(56)24-11-28-60-53)40-15-10-17-42(36-40)58(64-33-32-63(2)37-64)48-23-8-5-20-45(48)55-51(58)26-13-30-62-55/h3-36H,1-2H3. The van der Waals surface area contributed by atoms with Gasteiger partial charge in [-0.2, -0.15) is 0 Å². The van der Waals surface area contributed by atoms with Gasteiger partial charge in [0.25, 0.3) is 0 Å². The van der Waals surface area contributed by atoms with Crippen molar-refractivity contribution in [3.05, 3.63) is 280 Å². The molecule has 0 fully saturated rings. The summed E-state index contributed by atoms with van der Waals surface area (Å²) in [6.45, 7) is 2.15. The molecule has 6 nitrogen and oxygen atoms in total. The van der Waals surface area contributed by atoms with Crippen LogP contribution in [-0.4, -0.2) is 24.5 Å². The predicted molar refractivity (Wildman–Crippen MR) is 249 cm³/mol. The fraction of sp³-hybridized carbons (Fsp3) is 0.0862. The Labute approximate surface area is 371 Å². The molecule has 64 heavy (non-hydrogen) atoms. The van der Waals surface area contributed by atoms with Crippen LogP contribution >= 0.6 is 0 Å². The molecular weight excluding hydrogens is 781 g/mol. The Kier molecular flexibility index (Phi) is 7.68. The first-order chi connectivity index (χ1) is 31.5. The SMILES string of the molecule is Cc1ccnc(C2(c3cccc(C4(c5cccc(C6(n7[c-][n+](C)cc7)c7ccccc7-c7ncccc76)c5)c5ccccc5-c5ncccc54)c3)c3ccccc3-c3ncccc32)c1. The van der Waals surface area contributed by atoms with Crippen molar-refractivity contribution in [1.29, 1.82) is 0 Å². The third-order valence-corrected chi connectivity index (χ3v) is 14.2. The Morgan fingerprint density at radius 3 is 1.53 bits per heavy atom. The number of pyridine rings is 4. The lowest BCUT2D eigenvalue weighted by molar-refractivity contribution is -0.675. The Hall–Kier alpha value is -8.09.